The molecule has 10 heteroatoms. The molecule has 1 amide bonds. The molecule has 0 bridgehead atoms. The second kappa shape index (κ2) is 14.4. The molecule has 2 aliphatic rings. The smallest absolute Gasteiger partial charge is 0.243 e. The minimum atomic E-state index is -0.0222. The van der Waals surface area contributed by atoms with Gasteiger partial charge in [-0.3, -0.25) is 14.6 Å². The summed E-state index contributed by atoms with van der Waals surface area (Å²) in [6.45, 7) is 14.3. The third-order valence-electron chi connectivity index (χ3n) is 5.47. The van der Waals surface area contributed by atoms with Crippen LogP contribution in [0.15, 0.2) is 4.99 Å². The summed E-state index contributed by atoms with van der Waals surface area (Å²) in [6, 6.07) is 0. The van der Waals surface area contributed by atoms with Crippen molar-refractivity contribution in [3.63, 3.8) is 0 Å². The number of hydrogen-bond acceptors (Lipinski definition) is 6. The number of amides is 1. The van der Waals surface area contributed by atoms with Crippen LogP contribution in [0, 0.1) is 0 Å². The lowest BCUT2D eigenvalue weighted by Gasteiger charge is -2.41. The molecule has 0 unspecified atom stereocenters. The molecular formula is C20H41IN6O3. The number of hydrogen-bond donors (Lipinski definition) is 2. The highest BCUT2D eigenvalue weighted by molar-refractivity contribution is 14.0. The van der Waals surface area contributed by atoms with Crippen molar-refractivity contribution in [2.45, 2.75) is 25.8 Å². The van der Waals surface area contributed by atoms with Crippen molar-refractivity contribution in [1.82, 2.24) is 25.3 Å². The Kier molecular flexibility index (Phi) is 13.1. The monoisotopic (exact) mass is 540 g/mol. The molecule has 0 spiro atoms. The molecule has 0 saturated carbocycles. The quantitative estimate of drug-likeness (QED) is 0.185. The van der Waals surface area contributed by atoms with Crippen LogP contribution in [0.25, 0.3) is 0 Å². The van der Waals surface area contributed by atoms with Crippen molar-refractivity contribution in [3.8, 4) is 0 Å². The van der Waals surface area contributed by atoms with E-state index >= 15 is 0 Å². The number of carbonyl (C=O) groups is 1. The minimum absolute atomic E-state index is 0. The molecule has 2 saturated heterocycles. The lowest BCUT2D eigenvalue weighted by atomic mass is 10.0. The first-order valence-electron chi connectivity index (χ1n) is 10.7. The summed E-state index contributed by atoms with van der Waals surface area (Å²) in [5, 5.41) is 6.84. The van der Waals surface area contributed by atoms with E-state index in [9.17, 15) is 4.79 Å². The van der Waals surface area contributed by atoms with Gasteiger partial charge in [0, 0.05) is 58.9 Å². The van der Waals surface area contributed by atoms with Crippen molar-refractivity contribution in [1.29, 1.82) is 0 Å². The van der Waals surface area contributed by atoms with Gasteiger partial charge >= 0.3 is 0 Å². The molecule has 9 nitrogen and oxygen atoms in total. The summed E-state index contributed by atoms with van der Waals surface area (Å²) in [5.41, 5.74) is -0.0222. The Bertz CT molecular complexity index is 521. The fraction of sp³-hybridized carbons (Fsp3) is 0.900. The maximum atomic E-state index is 12.0. The van der Waals surface area contributed by atoms with Gasteiger partial charge < -0.3 is 25.0 Å². The van der Waals surface area contributed by atoms with E-state index in [0.29, 0.717) is 5.96 Å². The van der Waals surface area contributed by atoms with E-state index < -0.39 is 0 Å². The van der Waals surface area contributed by atoms with Crippen LogP contribution in [0.5, 0.6) is 0 Å². The largest absolute Gasteiger partial charge is 0.379 e. The molecule has 0 radical (unpaired) electrons. The maximum Gasteiger partial charge on any atom is 0.243 e. The molecular weight excluding hydrogens is 499 g/mol. The van der Waals surface area contributed by atoms with Crippen LogP contribution in [0.1, 0.15) is 20.3 Å². The van der Waals surface area contributed by atoms with Gasteiger partial charge in [-0.2, -0.15) is 0 Å². The molecule has 2 rings (SSSR count). The summed E-state index contributed by atoms with van der Waals surface area (Å²) in [4.78, 5) is 22.9. The average Bonchev–Trinajstić information content (AvgIpc) is 2.73. The van der Waals surface area contributed by atoms with Crippen molar-refractivity contribution in [3.05, 3.63) is 0 Å². The van der Waals surface area contributed by atoms with Crippen molar-refractivity contribution < 1.29 is 14.3 Å². The van der Waals surface area contributed by atoms with E-state index in [1.165, 1.54) is 0 Å². The summed E-state index contributed by atoms with van der Waals surface area (Å²) >= 11 is 0. The third-order valence-corrected chi connectivity index (χ3v) is 5.47. The number of aliphatic imine (C=N–C) groups is 1. The number of likely N-dealkylation sites (N-methyl/N-ethyl adjacent to an activating group) is 1. The van der Waals surface area contributed by atoms with Crippen molar-refractivity contribution in [2.75, 3.05) is 92.9 Å². The predicted molar refractivity (Wildman–Crippen MR) is 131 cm³/mol. The second-order valence-corrected chi connectivity index (χ2v) is 8.45. The number of nitrogens with one attached hydrogen (secondary N) is 2. The van der Waals surface area contributed by atoms with E-state index in [-0.39, 0.29) is 42.0 Å². The first-order valence-corrected chi connectivity index (χ1v) is 10.7. The summed E-state index contributed by atoms with van der Waals surface area (Å²) in [6.07, 6.45) is 1.02. The lowest BCUT2D eigenvalue weighted by molar-refractivity contribution is -0.127. The molecule has 2 heterocycles. The highest BCUT2D eigenvalue weighted by atomic mass is 127. The number of halogens is 1. The minimum Gasteiger partial charge on any atom is -0.379 e. The fourth-order valence-corrected chi connectivity index (χ4v) is 3.38. The Balaban J connectivity index is 0.00000450. The second-order valence-electron chi connectivity index (χ2n) is 8.45. The normalized spacial score (nSPS) is 19.1. The Morgan fingerprint density at radius 1 is 1.03 bits per heavy atom. The predicted octanol–water partition coefficient (Wildman–Crippen LogP) is 0.0609. The van der Waals surface area contributed by atoms with Crippen molar-refractivity contribution >= 4 is 35.8 Å². The van der Waals surface area contributed by atoms with Gasteiger partial charge in [0.15, 0.2) is 5.96 Å². The number of ether oxygens (including phenoxy) is 2. The Morgan fingerprint density at radius 3 is 2.23 bits per heavy atom. The number of carbonyl (C=O) groups excluding carboxylic acids is 1. The topological polar surface area (TPSA) is 81.7 Å². The number of rotatable bonds is 9. The van der Waals surface area contributed by atoms with Crippen LogP contribution in [0.2, 0.25) is 0 Å². The van der Waals surface area contributed by atoms with Gasteiger partial charge in [0.1, 0.15) is 6.54 Å². The number of nitrogens with zero attached hydrogens (tertiary/aromatic N) is 4. The molecule has 2 fully saturated rings. The van der Waals surface area contributed by atoms with Gasteiger partial charge in [-0.15, -0.1) is 24.0 Å². The number of morpholine rings is 2. The van der Waals surface area contributed by atoms with Crippen LogP contribution in [0.4, 0.5) is 0 Å². The third kappa shape index (κ3) is 10.1. The summed E-state index contributed by atoms with van der Waals surface area (Å²) < 4.78 is 10.9. The SMILES string of the molecule is CN(C)C(=O)CN=C(NCCCN1CCOCC1)NCC(C)(C)N1CCOCC1.I. The van der Waals surface area contributed by atoms with Crippen LogP contribution in [-0.2, 0) is 14.3 Å². The molecule has 0 aromatic carbocycles. The fourth-order valence-electron chi connectivity index (χ4n) is 3.38. The molecule has 2 N–H and O–H groups in total. The maximum absolute atomic E-state index is 12.0. The highest BCUT2D eigenvalue weighted by Gasteiger charge is 2.28. The Morgan fingerprint density at radius 2 is 1.63 bits per heavy atom. The van der Waals surface area contributed by atoms with Crippen LogP contribution in [-0.4, -0.2) is 125 Å². The van der Waals surface area contributed by atoms with Crippen molar-refractivity contribution in [2.24, 2.45) is 4.99 Å². The van der Waals surface area contributed by atoms with E-state index in [1.54, 1.807) is 19.0 Å². The molecule has 30 heavy (non-hydrogen) atoms. The number of guanidine groups is 1. The average molecular weight is 540 g/mol. The highest BCUT2D eigenvalue weighted by Crippen LogP contribution is 2.15. The summed E-state index contributed by atoms with van der Waals surface area (Å²) in [5.74, 6) is 0.690. The van der Waals surface area contributed by atoms with Crippen LogP contribution < -0.4 is 10.6 Å². The first-order chi connectivity index (χ1) is 13.9. The Hall–Kier alpha value is -0.690. The molecule has 176 valence electrons. The van der Waals surface area contributed by atoms with E-state index in [4.69, 9.17) is 9.47 Å². The zero-order chi connectivity index (χ0) is 21.1. The van der Waals surface area contributed by atoms with Crippen LogP contribution >= 0.6 is 24.0 Å². The van der Waals surface area contributed by atoms with E-state index in [1.807, 2.05) is 0 Å². The van der Waals surface area contributed by atoms with Gasteiger partial charge in [0.25, 0.3) is 0 Å². The first kappa shape index (κ1) is 27.3. The van der Waals surface area contributed by atoms with Gasteiger partial charge in [-0.1, -0.05) is 0 Å². The lowest BCUT2D eigenvalue weighted by Crippen LogP contribution is -2.56. The molecule has 0 aliphatic carbocycles. The zero-order valence-corrected chi connectivity index (χ0v) is 21.4. The van der Waals surface area contributed by atoms with Crippen LogP contribution in [0.3, 0.4) is 0 Å². The molecule has 0 atom stereocenters. The zero-order valence-electron chi connectivity index (χ0n) is 19.1. The van der Waals surface area contributed by atoms with Gasteiger partial charge in [-0.05, 0) is 26.8 Å². The Labute approximate surface area is 198 Å². The standard InChI is InChI=1S/C20H40N6O3.HI/c1-20(2,26-10-14-29-15-11-26)17-23-19(22-16-18(27)24(3)4)21-6-5-7-25-8-12-28-13-9-25;/h5-17H2,1-4H3,(H2,21,22,23);1H. The molecule has 0 aromatic rings. The van der Waals surface area contributed by atoms with E-state index in [2.05, 4.69) is 39.3 Å². The van der Waals surface area contributed by atoms with Gasteiger partial charge in [0.2, 0.25) is 5.91 Å². The van der Waals surface area contributed by atoms with Gasteiger partial charge in [-0.25, -0.2) is 4.99 Å². The molecule has 0 aromatic heterocycles. The van der Waals surface area contributed by atoms with Gasteiger partial charge in [0.05, 0.1) is 26.4 Å². The summed E-state index contributed by atoms with van der Waals surface area (Å²) in [7, 11) is 3.50. The molecule has 2 aliphatic heterocycles. The van der Waals surface area contributed by atoms with E-state index in [0.717, 1.165) is 78.7 Å².